The van der Waals surface area contributed by atoms with Crippen molar-refractivity contribution in [1.29, 1.82) is 0 Å². The van der Waals surface area contributed by atoms with Crippen molar-refractivity contribution < 1.29 is 9.53 Å². The predicted octanol–water partition coefficient (Wildman–Crippen LogP) is 5.08. The number of para-hydroxylation sites is 2. The molecule has 0 aliphatic carbocycles. The second-order valence-electron chi connectivity index (χ2n) is 6.49. The lowest BCUT2D eigenvalue weighted by Crippen LogP contribution is -2.12. The van der Waals surface area contributed by atoms with Crippen molar-refractivity contribution in [3.8, 4) is 11.6 Å². The van der Waals surface area contributed by atoms with Gasteiger partial charge in [0.2, 0.25) is 5.65 Å². The fourth-order valence-corrected chi connectivity index (χ4v) is 3.60. The quantitative estimate of drug-likeness (QED) is 0.404. The number of aromatic nitrogens is 4. The summed E-state index contributed by atoms with van der Waals surface area (Å²) in [5.41, 5.74) is 3.31. The van der Waals surface area contributed by atoms with Crippen LogP contribution in [0.2, 0.25) is 0 Å². The molecule has 0 radical (unpaired) electrons. The standard InChI is InChI=1S/C22H14BrN5O2/c23-17-9-2-1-8-16(17)21(29)25-14-6-5-7-15(12-14)30-22-20-27-24-13-28(20)19-11-4-3-10-18(19)26-22/h1-13H,(H,25,29). The largest absolute Gasteiger partial charge is 0.436 e. The van der Waals surface area contributed by atoms with Gasteiger partial charge < -0.3 is 10.1 Å². The molecule has 0 saturated heterocycles. The van der Waals surface area contributed by atoms with E-state index in [1.54, 1.807) is 36.7 Å². The van der Waals surface area contributed by atoms with Crippen molar-refractivity contribution in [2.75, 3.05) is 5.32 Å². The highest BCUT2D eigenvalue weighted by molar-refractivity contribution is 9.10. The number of anilines is 1. The number of fused-ring (bicyclic) bond motifs is 3. The van der Waals surface area contributed by atoms with E-state index in [-0.39, 0.29) is 5.91 Å². The van der Waals surface area contributed by atoms with E-state index in [0.717, 1.165) is 15.5 Å². The van der Waals surface area contributed by atoms with Crippen LogP contribution in [0.15, 0.2) is 83.6 Å². The monoisotopic (exact) mass is 459 g/mol. The Labute approximate surface area is 179 Å². The minimum atomic E-state index is -0.219. The van der Waals surface area contributed by atoms with Crippen LogP contribution in [0.5, 0.6) is 11.6 Å². The summed E-state index contributed by atoms with van der Waals surface area (Å²) in [5, 5.41) is 11.0. The summed E-state index contributed by atoms with van der Waals surface area (Å²) < 4.78 is 8.57. The van der Waals surface area contributed by atoms with E-state index in [4.69, 9.17) is 4.74 Å². The average molecular weight is 460 g/mol. The molecule has 30 heavy (non-hydrogen) atoms. The second kappa shape index (κ2) is 7.57. The Morgan fingerprint density at radius 1 is 1.00 bits per heavy atom. The average Bonchev–Trinajstić information content (AvgIpc) is 3.25. The van der Waals surface area contributed by atoms with Crippen LogP contribution >= 0.6 is 15.9 Å². The Kier molecular flexibility index (Phi) is 4.61. The zero-order chi connectivity index (χ0) is 20.5. The van der Waals surface area contributed by atoms with E-state index in [2.05, 4.69) is 36.4 Å². The molecule has 5 aromatic rings. The number of benzene rings is 3. The minimum absolute atomic E-state index is 0.219. The predicted molar refractivity (Wildman–Crippen MR) is 117 cm³/mol. The molecule has 2 heterocycles. The van der Waals surface area contributed by atoms with Gasteiger partial charge in [-0.3, -0.25) is 9.20 Å². The van der Waals surface area contributed by atoms with Crippen LogP contribution in [0.4, 0.5) is 5.69 Å². The van der Waals surface area contributed by atoms with E-state index < -0.39 is 0 Å². The van der Waals surface area contributed by atoms with E-state index in [0.29, 0.717) is 28.5 Å². The Morgan fingerprint density at radius 3 is 2.73 bits per heavy atom. The van der Waals surface area contributed by atoms with Crippen molar-refractivity contribution in [2.24, 2.45) is 0 Å². The van der Waals surface area contributed by atoms with Crippen molar-refractivity contribution in [3.05, 3.63) is 89.2 Å². The highest BCUT2D eigenvalue weighted by Crippen LogP contribution is 2.28. The zero-order valence-corrected chi connectivity index (χ0v) is 17.1. The maximum Gasteiger partial charge on any atom is 0.266 e. The molecule has 2 aromatic heterocycles. The Hall–Kier alpha value is -3.78. The lowest BCUT2D eigenvalue weighted by atomic mass is 10.2. The molecule has 1 amide bonds. The number of carbonyl (C=O) groups is 1. The van der Waals surface area contributed by atoms with Crippen molar-refractivity contribution in [3.63, 3.8) is 0 Å². The highest BCUT2D eigenvalue weighted by atomic mass is 79.9. The Morgan fingerprint density at radius 2 is 1.83 bits per heavy atom. The number of nitrogens with one attached hydrogen (secondary N) is 1. The normalized spacial score (nSPS) is 11.0. The first-order valence-corrected chi connectivity index (χ1v) is 9.90. The number of carbonyl (C=O) groups excluding carboxylic acids is 1. The van der Waals surface area contributed by atoms with Crippen LogP contribution in [-0.2, 0) is 0 Å². The summed E-state index contributed by atoms with van der Waals surface area (Å²) in [6, 6.07) is 22.0. The molecule has 5 rings (SSSR count). The number of ether oxygens (including phenoxy) is 1. The van der Waals surface area contributed by atoms with Crippen molar-refractivity contribution in [1.82, 2.24) is 19.6 Å². The summed E-state index contributed by atoms with van der Waals surface area (Å²) in [4.78, 5) is 17.2. The van der Waals surface area contributed by atoms with E-state index in [1.807, 2.05) is 46.9 Å². The fraction of sp³-hybridized carbons (Fsp3) is 0. The van der Waals surface area contributed by atoms with Gasteiger partial charge in [-0.15, -0.1) is 10.2 Å². The maximum atomic E-state index is 12.6. The van der Waals surface area contributed by atoms with Crippen LogP contribution < -0.4 is 10.1 Å². The van der Waals surface area contributed by atoms with E-state index >= 15 is 0 Å². The number of hydrogen-bond donors (Lipinski definition) is 1. The molecule has 7 nitrogen and oxygen atoms in total. The fourth-order valence-electron chi connectivity index (χ4n) is 3.14. The molecule has 0 saturated carbocycles. The number of rotatable bonds is 4. The molecule has 0 aliphatic heterocycles. The summed E-state index contributed by atoms with van der Waals surface area (Å²) >= 11 is 3.40. The van der Waals surface area contributed by atoms with Crippen LogP contribution in [0, 0.1) is 0 Å². The first-order valence-electron chi connectivity index (χ1n) is 9.11. The SMILES string of the molecule is O=C(Nc1cccc(Oc2nc3ccccc3n3cnnc23)c1)c1ccccc1Br. The minimum Gasteiger partial charge on any atom is -0.436 e. The first kappa shape index (κ1) is 18.3. The maximum absolute atomic E-state index is 12.6. The number of hydrogen-bond acceptors (Lipinski definition) is 5. The second-order valence-corrected chi connectivity index (χ2v) is 7.35. The van der Waals surface area contributed by atoms with Crippen LogP contribution in [-0.4, -0.2) is 25.5 Å². The van der Waals surface area contributed by atoms with Crippen molar-refractivity contribution >= 4 is 44.2 Å². The third kappa shape index (κ3) is 3.37. The number of halogens is 1. The van der Waals surface area contributed by atoms with Gasteiger partial charge in [-0.05, 0) is 52.3 Å². The Bertz CT molecular complexity index is 1400. The summed E-state index contributed by atoms with van der Waals surface area (Å²) in [5.74, 6) is 0.636. The number of amides is 1. The van der Waals surface area contributed by atoms with Gasteiger partial charge in [-0.2, -0.15) is 0 Å². The molecule has 0 aliphatic rings. The molecule has 0 unspecified atom stereocenters. The van der Waals surface area contributed by atoms with Gasteiger partial charge in [0, 0.05) is 16.2 Å². The molecule has 0 fully saturated rings. The third-order valence-electron chi connectivity index (χ3n) is 4.53. The topological polar surface area (TPSA) is 81.4 Å². The van der Waals surface area contributed by atoms with Gasteiger partial charge >= 0.3 is 0 Å². The smallest absolute Gasteiger partial charge is 0.266 e. The highest BCUT2D eigenvalue weighted by Gasteiger charge is 2.13. The van der Waals surface area contributed by atoms with Gasteiger partial charge in [0.15, 0.2) is 0 Å². The third-order valence-corrected chi connectivity index (χ3v) is 5.22. The van der Waals surface area contributed by atoms with Gasteiger partial charge in [-0.1, -0.05) is 30.3 Å². The summed E-state index contributed by atoms with van der Waals surface area (Å²) in [6.07, 6.45) is 1.63. The molecule has 146 valence electrons. The molecule has 0 atom stereocenters. The summed E-state index contributed by atoms with van der Waals surface area (Å²) in [7, 11) is 0. The molecular weight excluding hydrogens is 446 g/mol. The van der Waals surface area contributed by atoms with Crippen LogP contribution in [0.25, 0.3) is 16.7 Å². The van der Waals surface area contributed by atoms with Gasteiger partial charge in [0.1, 0.15) is 12.1 Å². The number of nitrogens with zero attached hydrogens (tertiary/aromatic N) is 4. The molecule has 3 aromatic carbocycles. The van der Waals surface area contributed by atoms with E-state index in [9.17, 15) is 4.79 Å². The van der Waals surface area contributed by atoms with Gasteiger partial charge in [0.05, 0.1) is 16.6 Å². The Balaban J connectivity index is 1.46. The lowest BCUT2D eigenvalue weighted by Gasteiger charge is -2.10. The molecule has 0 bridgehead atoms. The van der Waals surface area contributed by atoms with Crippen LogP contribution in [0.1, 0.15) is 10.4 Å². The molecular formula is C22H14BrN5O2. The molecule has 8 heteroatoms. The summed E-state index contributed by atoms with van der Waals surface area (Å²) in [6.45, 7) is 0. The first-order chi connectivity index (χ1) is 14.7. The lowest BCUT2D eigenvalue weighted by molar-refractivity contribution is 0.102. The zero-order valence-electron chi connectivity index (χ0n) is 15.5. The van der Waals surface area contributed by atoms with Gasteiger partial charge in [-0.25, -0.2) is 4.98 Å². The van der Waals surface area contributed by atoms with Crippen LogP contribution in [0.3, 0.4) is 0 Å². The van der Waals surface area contributed by atoms with Crippen molar-refractivity contribution in [2.45, 2.75) is 0 Å². The molecule has 0 spiro atoms. The van der Waals surface area contributed by atoms with Gasteiger partial charge in [0.25, 0.3) is 11.8 Å². The molecule has 1 N–H and O–H groups in total. The van der Waals surface area contributed by atoms with E-state index in [1.165, 1.54) is 0 Å².